The Kier molecular flexibility index (Phi) is 6.11. The highest BCUT2D eigenvalue weighted by molar-refractivity contribution is 7.16. The van der Waals surface area contributed by atoms with Crippen molar-refractivity contribution >= 4 is 34.5 Å². The maximum absolute atomic E-state index is 12.2. The summed E-state index contributed by atoms with van der Waals surface area (Å²) in [5.41, 5.74) is -0.0607. The van der Waals surface area contributed by atoms with Gasteiger partial charge in [0.1, 0.15) is 5.76 Å². The standard InChI is InChI=1S/C20H28N4O2S/c1-20(2,3)16-13-21-18(26-16)6-5-15-12-22-19(27-15)23-17(25)11-14-7-9-24(4)10-8-14/h5-6,12-14H,7-11H2,1-4H3,(H,22,23,25)/b6-5+. The minimum Gasteiger partial charge on any atom is -0.441 e. The van der Waals surface area contributed by atoms with Crippen LogP contribution in [0.3, 0.4) is 0 Å². The molecule has 0 aliphatic carbocycles. The van der Waals surface area contributed by atoms with E-state index in [1.165, 1.54) is 11.3 Å². The van der Waals surface area contributed by atoms with Gasteiger partial charge in [-0.3, -0.25) is 4.79 Å². The third-order valence-corrected chi connectivity index (χ3v) is 5.61. The van der Waals surface area contributed by atoms with Crippen LogP contribution in [0, 0.1) is 5.92 Å². The van der Waals surface area contributed by atoms with E-state index >= 15 is 0 Å². The number of anilines is 1. The molecule has 0 atom stereocenters. The molecule has 2 aromatic rings. The molecule has 1 saturated heterocycles. The first-order valence-corrected chi connectivity index (χ1v) is 10.2. The maximum atomic E-state index is 12.2. The SMILES string of the molecule is CN1CCC(CC(=O)Nc2ncc(/C=C/c3ncc(C(C)(C)C)o3)s2)CC1. The van der Waals surface area contributed by atoms with Crippen LogP contribution in [0.4, 0.5) is 5.13 Å². The number of hydrogen-bond donors (Lipinski definition) is 1. The predicted octanol–water partition coefficient (Wildman–Crippen LogP) is 4.27. The lowest BCUT2D eigenvalue weighted by molar-refractivity contribution is -0.117. The van der Waals surface area contributed by atoms with E-state index in [2.05, 4.69) is 48.0 Å². The van der Waals surface area contributed by atoms with Crippen LogP contribution in [-0.4, -0.2) is 40.9 Å². The van der Waals surface area contributed by atoms with Gasteiger partial charge in [0, 0.05) is 29.0 Å². The van der Waals surface area contributed by atoms with Crippen molar-refractivity contribution in [2.45, 2.75) is 45.4 Å². The molecule has 3 heterocycles. The Morgan fingerprint density at radius 2 is 2.04 bits per heavy atom. The Hall–Kier alpha value is -1.99. The second kappa shape index (κ2) is 8.35. The van der Waals surface area contributed by atoms with E-state index in [0.717, 1.165) is 36.6 Å². The minimum absolute atomic E-state index is 0.0527. The van der Waals surface area contributed by atoms with Crippen molar-refractivity contribution in [2.24, 2.45) is 5.92 Å². The molecule has 0 aromatic carbocycles. The Morgan fingerprint density at radius 1 is 1.30 bits per heavy atom. The maximum Gasteiger partial charge on any atom is 0.226 e. The van der Waals surface area contributed by atoms with Crippen molar-refractivity contribution in [3.63, 3.8) is 0 Å². The molecule has 0 radical (unpaired) electrons. The lowest BCUT2D eigenvalue weighted by Gasteiger charge is -2.28. The van der Waals surface area contributed by atoms with Crippen molar-refractivity contribution in [3.05, 3.63) is 28.9 Å². The molecule has 1 amide bonds. The van der Waals surface area contributed by atoms with Gasteiger partial charge in [0.25, 0.3) is 0 Å². The second-order valence-corrected chi connectivity index (χ2v) is 9.28. The monoisotopic (exact) mass is 388 g/mol. The highest BCUT2D eigenvalue weighted by Gasteiger charge is 2.20. The third-order valence-electron chi connectivity index (χ3n) is 4.74. The van der Waals surface area contributed by atoms with Crippen LogP contribution in [-0.2, 0) is 10.2 Å². The lowest BCUT2D eigenvalue weighted by Crippen LogP contribution is -2.31. The van der Waals surface area contributed by atoms with E-state index in [-0.39, 0.29) is 11.3 Å². The van der Waals surface area contributed by atoms with Crippen molar-refractivity contribution < 1.29 is 9.21 Å². The number of aromatic nitrogens is 2. The molecule has 1 aliphatic heterocycles. The smallest absolute Gasteiger partial charge is 0.226 e. The van der Waals surface area contributed by atoms with E-state index < -0.39 is 0 Å². The van der Waals surface area contributed by atoms with Crippen LogP contribution in [0.1, 0.15) is 56.6 Å². The van der Waals surface area contributed by atoms with Gasteiger partial charge in [-0.1, -0.05) is 32.1 Å². The topological polar surface area (TPSA) is 71.3 Å². The van der Waals surface area contributed by atoms with Crippen LogP contribution < -0.4 is 5.32 Å². The average molecular weight is 389 g/mol. The number of likely N-dealkylation sites (tertiary alicyclic amines) is 1. The van der Waals surface area contributed by atoms with Gasteiger partial charge in [-0.15, -0.1) is 0 Å². The van der Waals surface area contributed by atoms with Gasteiger partial charge in [-0.2, -0.15) is 0 Å². The number of nitrogens with zero attached hydrogens (tertiary/aromatic N) is 3. The Morgan fingerprint density at radius 3 is 2.70 bits per heavy atom. The van der Waals surface area contributed by atoms with E-state index in [0.29, 0.717) is 23.4 Å². The largest absolute Gasteiger partial charge is 0.441 e. The van der Waals surface area contributed by atoms with Gasteiger partial charge in [0.05, 0.1) is 6.20 Å². The van der Waals surface area contributed by atoms with Crippen LogP contribution >= 0.6 is 11.3 Å². The number of piperidine rings is 1. The minimum atomic E-state index is -0.0607. The molecular formula is C20H28N4O2S. The van der Waals surface area contributed by atoms with Gasteiger partial charge in [-0.05, 0) is 45.0 Å². The second-order valence-electron chi connectivity index (χ2n) is 8.21. The summed E-state index contributed by atoms with van der Waals surface area (Å²) in [4.78, 5) is 24.1. The number of carbonyl (C=O) groups excluding carboxylic acids is 1. The molecule has 2 aromatic heterocycles. The summed E-state index contributed by atoms with van der Waals surface area (Å²) in [6.07, 6.45) is 9.99. The van der Waals surface area contributed by atoms with Crippen LogP contribution in [0.25, 0.3) is 12.2 Å². The molecule has 1 N–H and O–H groups in total. The van der Waals surface area contributed by atoms with Crippen molar-refractivity contribution in [2.75, 3.05) is 25.5 Å². The summed E-state index contributed by atoms with van der Waals surface area (Å²) in [7, 11) is 2.13. The average Bonchev–Trinajstić information content (AvgIpc) is 3.24. The number of rotatable bonds is 5. The summed E-state index contributed by atoms with van der Waals surface area (Å²) < 4.78 is 5.75. The fourth-order valence-corrected chi connectivity index (χ4v) is 3.72. The Labute approximate surface area is 164 Å². The van der Waals surface area contributed by atoms with E-state index in [9.17, 15) is 4.79 Å². The fourth-order valence-electron chi connectivity index (χ4n) is 2.98. The van der Waals surface area contributed by atoms with Gasteiger partial charge < -0.3 is 14.6 Å². The fraction of sp³-hybridized carbons (Fsp3) is 0.550. The Balaban J connectivity index is 1.52. The number of oxazole rings is 1. The number of amides is 1. The van der Waals surface area contributed by atoms with Crippen molar-refractivity contribution in [1.82, 2.24) is 14.9 Å². The van der Waals surface area contributed by atoms with Crippen molar-refractivity contribution in [1.29, 1.82) is 0 Å². The summed E-state index contributed by atoms with van der Waals surface area (Å²) in [5.74, 6) is 1.95. The molecule has 1 aliphatic rings. The number of thiazole rings is 1. The first-order valence-electron chi connectivity index (χ1n) is 9.38. The zero-order valence-corrected chi connectivity index (χ0v) is 17.3. The van der Waals surface area contributed by atoms with Gasteiger partial charge >= 0.3 is 0 Å². The quantitative estimate of drug-likeness (QED) is 0.828. The lowest BCUT2D eigenvalue weighted by atomic mass is 9.93. The molecule has 0 spiro atoms. The van der Waals surface area contributed by atoms with Gasteiger partial charge in [0.2, 0.25) is 11.8 Å². The zero-order valence-electron chi connectivity index (χ0n) is 16.5. The molecule has 1 fully saturated rings. The molecule has 0 bridgehead atoms. The molecule has 7 heteroatoms. The number of nitrogens with one attached hydrogen (secondary N) is 1. The summed E-state index contributed by atoms with van der Waals surface area (Å²) in [5, 5.41) is 3.56. The summed E-state index contributed by atoms with van der Waals surface area (Å²) in [6.45, 7) is 8.41. The zero-order chi connectivity index (χ0) is 19.4. The highest BCUT2D eigenvalue weighted by Crippen LogP contribution is 2.25. The third kappa shape index (κ3) is 5.74. The predicted molar refractivity (Wildman–Crippen MR) is 110 cm³/mol. The van der Waals surface area contributed by atoms with E-state index in [4.69, 9.17) is 4.42 Å². The van der Waals surface area contributed by atoms with Crippen molar-refractivity contribution in [3.8, 4) is 0 Å². The van der Waals surface area contributed by atoms with Gasteiger partial charge in [-0.25, -0.2) is 9.97 Å². The molecule has 0 saturated carbocycles. The molecule has 0 unspecified atom stereocenters. The number of carbonyl (C=O) groups is 1. The van der Waals surface area contributed by atoms with Crippen LogP contribution in [0.15, 0.2) is 16.8 Å². The molecule has 6 nitrogen and oxygen atoms in total. The van der Waals surface area contributed by atoms with Crippen LogP contribution in [0.2, 0.25) is 0 Å². The normalized spacial score (nSPS) is 16.9. The molecule has 27 heavy (non-hydrogen) atoms. The first-order chi connectivity index (χ1) is 12.8. The molecule has 3 rings (SSSR count). The van der Waals surface area contributed by atoms with E-state index in [1.807, 2.05) is 12.2 Å². The Bertz CT molecular complexity index is 795. The molecule has 146 valence electrons. The van der Waals surface area contributed by atoms with Gasteiger partial charge in [0.15, 0.2) is 5.13 Å². The summed E-state index contributed by atoms with van der Waals surface area (Å²) in [6, 6.07) is 0. The summed E-state index contributed by atoms with van der Waals surface area (Å²) >= 11 is 1.45. The molecular weight excluding hydrogens is 360 g/mol. The van der Waals surface area contributed by atoms with Crippen LogP contribution in [0.5, 0.6) is 0 Å². The highest BCUT2D eigenvalue weighted by atomic mass is 32.1. The van der Waals surface area contributed by atoms with E-state index in [1.54, 1.807) is 12.4 Å². The number of hydrogen-bond acceptors (Lipinski definition) is 6. The first kappa shape index (κ1) is 19.8.